The van der Waals surface area contributed by atoms with Crippen molar-refractivity contribution in [2.75, 3.05) is 37.6 Å². The number of hydrogen-bond donors (Lipinski definition) is 0. The van der Waals surface area contributed by atoms with Crippen molar-refractivity contribution >= 4 is 49.1 Å². The number of anilines is 1. The monoisotopic (exact) mass is 605 g/mol. The van der Waals surface area contributed by atoms with Gasteiger partial charge in [-0.2, -0.15) is 4.31 Å². The Morgan fingerprint density at radius 3 is 2.41 bits per heavy atom. The maximum absolute atomic E-state index is 13.5. The Morgan fingerprint density at radius 2 is 1.70 bits per heavy atom. The first-order valence-corrected chi connectivity index (χ1v) is 14.6. The molecule has 1 unspecified atom stereocenters. The number of carbonyl (C=O) groups excluding carboxylic acids is 1. The summed E-state index contributed by atoms with van der Waals surface area (Å²) in [5, 5.41) is 0.0822. The number of halogens is 3. The number of benzene rings is 3. The maximum atomic E-state index is 13.5. The SMILES string of the molecule is CC1CN(C(=O)c2ccc(Cl)c(S(=O)(=O)N3CCN(c4ccc(F)cc4)CC3)c2)Cc2cc(Br)ccc21. The molecule has 1 fully saturated rings. The van der Waals surface area contributed by atoms with Crippen LogP contribution in [0.2, 0.25) is 5.02 Å². The molecule has 10 heteroatoms. The summed E-state index contributed by atoms with van der Waals surface area (Å²) < 4.78 is 42.7. The number of hydrogen-bond acceptors (Lipinski definition) is 4. The summed E-state index contributed by atoms with van der Waals surface area (Å²) in [6.45, 7) is 4.50. The Labute approximate surface area is 229 Å². The van der Waals surface area contributed by atoms with Crippen molar-refractivity contribution in [3.63, 3.8) is 0 Å². The van der Waals surface area contributed by atoms with Gasteiger partial charge in [0.2, 0.25) is 10.0 Å². The number of sulfonamides is 1. The van der Waals surface area contributed by atoms with E-state index in [4.69, 9.17) is 11.6 Å². The lowest BCUT2D eigenvalue weighted by atomic mass is 9.91. The Kier molecular flexibility index (Phi) is 7.33. The molecule has 0 saturated carbocycles. The third-order valence-electron chi connectivity index (χ3n) is 7.00. The van der Waals surface area contributed by atoms with Gasteiger partial charge in [-0.3, -0.25) is 4.79 Å². The highest BCUT2D eigenvalue weighted by atomic mass is 79.9. The van der Waals surface area contributed by atoms with E-state index in [-0.39, 0.29) is 40.6 Å². The second-order valence-electron chi connectivity index (χ2n) is 9.44. The topological polar surface area (TPSA) is 60.9 Å². The van der Waals surface area contributed by atoms with Gasteiger partial charge in [-0.1, -0.05) is 40.5 Å². The summed E-state index contributed by atoms with van der Waals surface area (Å²) in [7, 11) is -3.92. The van der Waals surface area contributed by atoms with E-state index in [1.807, 2.05) is 17.0 Å². The van der Waals surface area contributed by atoms with Crippen LogP contribution in [0.3, 0.4) is 0 Å². The highest BCUT2D eigenvalue weighted by Crippen LogP contribution is 2.32. The van der Waals surface area contributed by atoms with Gasteiger partial charge in [0.25, 0.3) is 5.91 Å². The van der Waals surface area contributed by atoms with Crippen LogP contribution in [0.5, 0.6) is 0 Å². The zero-order valence-corrected chi connectivity index (χ0v) is 23.4. The van der Waals surface area contributed by atoms with Gasteiger partial charge in [-0.05, 0) is 71.6 Å². The second kappa shape index (κ2) is 10.4. The zero-order valence-electron chi connectivity index (χ0n) is 20.2. The van der Waals surface area contributed by atoms with Crippen LogP contribution >= 0.6 is 27.5 Å². The van der Waals surface area contributed by atoms with Crippen molar-refractivity contribution in [1.29, 1.82) is 0 Å². The third kappa shape index (κ3) is 5.27. The molecule has 1 atom stereocenters. The number of amides is 1. The summed E-state index contributed by atoms with van der Waals surface area (Å²) in [4.78, 5) is 17.2. The van der Waals surface area contributed by atoms with E-state index in [0.29, 0.717) is 31.7 Å². The van der Waals surface area contributed by atoms with E-state index < -0.39 is 10.0 Å². The molecule has 0 aromatic heterocycles. The summed E-state index contributed by atoms with van der Waals surface area (Å²) >= 11 is 9.86. The highest BCUT2D eigenvalue weighted by molar-refractivity contribution is 9.10. The molecule has 2 heterocycles. The van der Waals surface area contributed by atoms with E-state index in [0.717, 1.165) is 15.7 Å². The number of rotatable bonds is 4. The van der Waals surface area contributed by atoms with Crippen LogP contribution in [-0.2, 0) is 16.6 Å². The average molecular weight is 607 g/mol. The number of fused-ring (bicyclic) bond motifs is 1. The molecule has 0 N–H and O–H groups in total. The predicted molar refractivity (Wildman–Crippen MR) is 146 cm³/mol. The summed E-state index contributed by atoms with van der Waals surface area (Å²) in [5.41, 5.74) is 3.42. The fourth-order valence-electron chi connectivity index (χ4n) is 5.04. The highest BCUT2D eigenvalue weighted by Gasteiger charge is 2.32. The first-order valence-electron chi connectivity index (χ1n) is 12.0. The normalized spacial score (nSPS) is 18.5. The molecule has 2 aliphatic heterocycles. The maximum Gasteiger partial charge on any atom is 0.254 e. The van der Waals surface area contributed by atoms with E-state index in [1.54, 1.807) is 23.1 Å². The Morgan fingerprint density at radius 1 is 1.00 bits per heavy atom. The fraction of sp³-hybridized carbons (Fsp3) is 0.296. The quantitative estimate of drug-likeness (QED) is 0.393. The lowest BCUT2D eigenvalue weighted by Gasteiger charge is -2.35. The average Bonchev–Trinajstić information content (AvgIpc) is 2.88. The smallest absolute Gasteiger partial charge is 0.254 e. The fourth-order valence-corrected chi connectivity index (χ4v) is 7.37. The Balaban J connectivity index is 1.34. The minimum Gasteiger partial charge on any atom is -0.369 e. The van der Waals surface area contributed by atoms with Gasteiger partial charge >= 0.3 is 0 Å². The van der Waals surface area contributed by atoms with Gasteiger partial charge in [0.15, 0.2) is 0 Å². The molecule has 0 bridgehead atoms. The number of nitrogens with zero attached hydrogens (tertiary/aromatic N) is 3. The van der Waals surface area contributed by atoms with Gasteiger partial charge in [-0.15, -0.1) is 0 Å². The zero-order chi connectivity index (χ0) is 26.3. The van der Waals surface area contributed by atoms with Gasteiger partial charge in [0.05, 0.1) is 5.02 Å². The van der Waals surface area contributed by atoms with Gasteiger partial charge in [0.1, 0.15) is 10.7 Å². The molecule has 6 nitrogen and oxygen atoms in total. The summed E-state index contributed by atoms with van der Waals surface area (Å²) in [6, 6.07) is 16.7. The van der Waals surface area contributed by atoms with Crippen molar-refractivity contribution in [2.24, 2.45) is 0 Å². The summed E-state index contributed by atoms with van der Waals surface area (Å²) in [5.74, 6) is -0.384. The molecule has 3 aromatic carbocycles. The van der Waals surface area contributed by atoms with Gasteiger partial charge in [0, 0.05) is 55.0 Å². The molecular weight excluding hydrogens is 581 g/mol. The molecule has 3 aromatic rings. The van der Waals surface area contributed by atoms with Gasteiger partial charge < -0.3 is 9.80 Å². The van der Waals surface area contributed by atoms with Crippen molar-refractivity contribution in [3.8, 4) is 0 Å². The molecule has 0 spiro atoms. The third-order valence-corrected chi connectivity index (χ3v) is 9.88. The predicted octanol–water partition coefficient (Wildman–Crippen LogP) is 5.51. The molecular formula is C27H26BrClFN3O3S. The second-order valence-corrected chi connectivity index (χ2v) is 12.7. The van der Waals surface area contributed by atoms with Crippen LogP contribution < -0.4 is 4.90 Å². The first kappa shape index (κ1) is 26.2. The first-order chi connectivity index (χ1) is 17.6. The van der Waals surface area contributed by atoms with Crippen LogP contribution in [0.15, 0.2) is 70.0 Å². The van der Waals surface area contributed by atoms with E-state index in [1.165, 1.54) is 34.1 Å². The van der Waals surface area contributed by atoms with Gasteiger partial charge in [-0.25, -0.2) is 12.8 Å². The molecule has 37 heavy (non-hydrogen) atoms. The van der Waals surface area contributed by atoms with Crippen molar-refractivity contribution in [1.82, 2.24) is 9.21 Å². The van der Waals surface area contributed by atoms with E-state index >= 15 is 0 Å². The molecule has 0 radical (unpaired) electrons. The molecule has 0 aliphatic carbocycles. The molecule has 194 valence electrons. The van der Waals surface area contributed by atoms with E-state index in [2.05, 4.69) is 28.9 Å². The van der Waals surface area contributed by atoms with Crippen LogP contribution in [0.1, 0.15) is 34.3 Å². The van der Waals surface area contributed by atoms with Crippen LogP contribution in [0.4, 0.5) is 10.1 Å². The van der Waals surface area contributed by atoms with Crippen molar-refractivity contribution in [2.45, 2.75) is 24.3 Å². The van der Waals surface area contributed by atoms with E-state index in [9.17, 15) is 17.6 Å². The largest absolute Gasteiger partial charge is 0.369 e. The van der Waals surface area contributed by atoms with Crippen molar-refractivity contribution < 1.29 is 17.6 Å². The number of carbonyl (C=O) groups is 1. The Bertz CT molecular complexity index is 1440. The van der Waals surface area contributed by atoms with Crippen molar-refractivity contribution in [3.05, 3.63) is 92.7 Å². The lowest BCUT2D eigenvalue weighted by molar-refractivity contribution is 0.0720. The molecule has 1 saturated heterocycles. The standard InChI is InChI=1S/C27H26BrClFN3O3S/c1-18-16-32(17-20-14-21(28)3-8-24(18)20)27(34)19-2-9-25(29)26(15-19)37(35,36)33-12-10-31(11-13-33)23-6-4-22(30)5-7-23/h2-9,14-15,18H,10-13,16-17H2,1H3. The number of piperazine rings is 1. The molecule has 5 rings (SSSR count). The van der Waals surface area contributed by atoms with Crippen LogP contribution in [0, 0.1) is 5.82 Å². The minimum absolute atomic E-state index is 0.0662. The molecule has 2 aliphatic rings. The lowest BCUT2D eigenvalue weighted by Crippen LogP contribution is -2.48. The van der Waals surface area contributed by atoms with Crippen LogP contribution in [-0.4, -0.2) is 56.3 Å². The van der Waals surface area contributed by atoms with Crippen LogP contribution in [0.25, 0.3) is 0 Å². The minimum atomic E-state index is -3.92. The summed E-state index contributed by atoms with van der Waals surface area (Å²) in [6.07, 6.45) is 0. The Hall–Kier alpha value is -2.46. The molecule has 1 amide bonds.